The van der Waals surface area contributed by atoms with Gasteiger partial charge in [-0.15, -0.1) is 5.10 Å². The van der Waals surface area contributed by atoms with Crippen molar-refractivity contribution in [3.8, 4) is 11.6 Å². The van der Waals surface area contributed by atoms with Gasteiger partial charge in [-0.2, -0.15) is 0 Å². The van der Waals surface area contributed by atoms with E-state index in [2.05, 4.69) is 34.2 Å². The molecule has 0 N–H and O–H groups in total. The maximum Gasteiger partial charge on any atom is 0.199 e. The van der Waals surface area contributed by atoms with Gasteiger partial charge in [-0.05, 0) is 49.1 Å². The number of rotatable bonds is 6. The van der Waals surface area contributed by atoms with Crippen molar-refractivity contribution in [3.63, 3.8) is 0 Å². The first kappa shape index (κ1) is 18.3. The average Bonchev–Trinajstić information content (AvgIpc) is 3.34. The van der Waals surface area contributed by atoms with E-state index >= 15 is 0 Å². The van der Waals surface area contributed by atoms with Gasteiger partial charge in [-0.25, -0.2) is 4.68 Å². The van der Waals surface area contributed by atoms with Crippen molar-refractivity contribution >= 4 is 12.2 Å². The maximum atomic E-state index is 5.61. The van der Waals surface area contributed by atoms with Crippen LogP contribution in [-0.4, -0.2) is 31.3 Å². The summed E-state index contributed by atoms with van der Waals surface area (Å²) in [6.45, 7) is 0.517. The first-order chi connectivity index (χ1) is 13.6. The van der Waals surface area contributed by atoms with Crippen molar-refractivity contribution in [2.45, 2.75) is 12.7 Å². The molecule has 0 saturated heterocycles. The average molecular weight is 392 g/mol. The third-order valence-corrected chi connectivity index (χ3v) is 5.15. The molecule has 0 bridgehead atoms. The Morgan fingerprint density at radius 2 is 1.86 bits per heavy atom. The summed E-state index contributed by atoms with van der Waals surface area (Å²) in [5.74, 6) is 1.40. The van der Waals surface area contributed by atoms with E-state index in [0.717, 1.165) is 11.3 Å². The zero-order valence-electron chi connectivity index (χ0n) is 15.8. The van der Waals surface area contributed by atoms with Crippen LogP contribution in [0.25, 0.3) is 11.6 Å². The molecule has 0 saturated carbocycles. The van der Waals surface area contributed by atoms with Gasteiger partial charge >= 0.3 is 0 Å². The van der Waals surface area contributed by atoms with Crippen LogP contribution in [0.3, 0.4) is 0 Å². The third kappa shape index (κ3) is 3.54. The molecule has 4 rings (SSSR count). The Bertz CT molecular complexity index is 1050. The van der Waals surface area contributed by atoms with Crippen LogP contribution >= 0.6 is 12.2 Å². The topological polar surface area (TPSA) is 52.0 Å². The van der Waals surface area contributed by atoms with Crippen molar-refractivity contribution in [1.82, 2.24) is 24.2 Å². The molecule has 0 unspecified atom stereocenters. The zero-order valence-corrected chi connectivity index (χ0v) is 16.6. The maximum absolute atomic E-state index is 5.61. The number of pyridine rings is 1. The molecule has 7 heteroatoms. The summed E-state index contributed by atoms with van der Waals surface area (Å²) in [5, 5.41) is 4.68. The Morgan fingerprint density at radius 3 is 2.54 bits per heavy atom. The van der Waals surface area contributed by atoms with E-state index in [1.807, 2.05) is 71.0 Å². The molecule has 4 aromatic rings. The first-order valence-corrected chi connectivity index (χ1v) is 9.40. The minimum Gasteiger partial charge on any atom is -0.461 e. The zero-order chi connectivity index (χ0) is 19.5. The molecule has 142 valence electrons. The van der Waals surface area contributed by atoms with Crippen LogP contribution < -0.4 is 0 Å². The summed E-state index contributed by atoms with van der Waals surface area (Å²) < 4.78 is 9.80. The predicted molar refractivity (Wildman–Crippen MR) is 110 cm³/mol. The quantitative estimate of drug-likeness (QED) is 0.459. The SMILES string of the molecule is CN(Cn1nc(-c2ccco2)n(C)c1=S)[C@@H](c1ccccc1)c1ccccn1. The molecule has 3 heterocycles. The Morgan fingerprint density at radius 1 is 1.07 bits per heavy atom. The fraction of sp³-hybridized carbons (Fsp3) is 0.190. The summed E-state index contributed by atoms with van der Waals surface area (Å²) in [7, 11) is 3.95. The lowest BCUT2D eigenvalue weighted by Gasteiger charge is -2.27. The Hall–Kier alpha value is -3.03. The van der Waals surface area contributed by atoms with Gasteiger partial charge in [-0.1, -0.05) is 36.4 Å². The van der Waals surface area contributed by atoms with E-state index < -0.39 is 0 Å². The van der Waals surface area contributed by atoms with E-state index in [1.54, 1.807) is 6.26 Å². The summed E-state index contributed by atoms with van der Waals surface area (Å²) >= 11 is 5.61. The number of aromatic nitrogens is 4. The summed E-state index contributed by atoms with van der Waals surface area (Å²) in [6, 6.07) is 20.0. The monoisotopic (exact) mass is 391 g/mol. The van der Waals surface area contributed by atoms with E-state index in [-0.39, 0.29) is 6.04 Å². The van der Waals surface area contributed by atoms with Crippen molar-refractivity contribution in [2.75, 3.05) is 7.05 Å². The molecule has 6 nitrogen and oxygen atoms in total. The number of furan rings is 1. The van der Waals surface area contributed by atoms with Gasteiger partial charge in [0.15, 0.2) is 16.4 Å². The molecule has 0 radical (unpaired) electrons. The molecule has 0 aliphatic rings. The molecule has 3 aromatic heterocycles. The van der Waals surface area contributed by atoms with E-state index in [4.69, 9.17) is 16.6 Å². The van der Waals surface area contributed by atoms with E-state index in [1.165, 1.54) is 0 Å². The second-order valence-electron chi connectivity index (χ2n) is 6.61. The molecule has 0 amide bonds. The van der Waals surface area contributed by atoms with Gasteiger partial charge in [0.1, 0.15) is 0 Å². The van der Waals surface area contributed by atoms with E-state index in [9.17, 15) is 0 Å². The van der Waals surface area contributed by atoms with Gasteiger partial charge in [0.25, 0.3) is 0 Å². The first-order valence-electron chi connectivity index (χ1n) is 8.99. The van der Waals surface area contributed by atoms with Crippen LogP contribution in [-0.2, 0) is 13.7 Å². The second-order valence-corrected chi connectivity index (χ2v) is 6.97. The Labute approximate surface area is 168 Å². The largest absolute Gasteiger partial charge is 0.461 e. The highest BCUT2D eigenvalue weighted by atomic mass is 32.1. The van der Waals surface area contributed by atoms with Crippen LogP contribution in [0.5, 0.6) is 0 Å². The summed E-state index contributed by atoms with van der Waals surface area (Å²) in [6.07, 6.45) is 3.45. The summed E-state index contributed by atoms with van der Waals surface area (Å²) in [5.41, 5.74) is 2.14. The van der Waals surface area contributed by atoms with Gasteiger partial charge in [-0.3, -0.25) is 9.88 Å². The molecule has 0 fully saturated rings. The van der Waals surface area contributed by atoms with Crippen molar-refractivity contribution < 1.29 is 4.42 Å². The normalized spacial score (nSPS) is 12.4. The fourth-order valence-electron chi connectivity index (χ4n) is 3.32. The van der Waals surface area contributed by atoms with Crippen molar-refractivity contribution in [2.24, 2.45) is 7.05 Å². The smallest absolute Gasteiger partial charge is 0.199 e. The molecular formula is C21H21N5OS. The molecule has 0 spiro atoms. The van der Waals surface area contributed by atoms with Gasteiger partial charge in [0.05, 0.1) is 24.7 Å². The third-order valence-electron chi connectivity index (χ3n) is 4.66. The minimum atomic E-state index is -0.0154. The predicted octanol–water partition coefficient (Wildman–Crippen LogP) is 4.28. The molecule has 28 heavy (non-hydrogen) atoms. The van der Waals surface area contributed by atoms with Crippen molar-refractivity contribution in [3.05, 3.63) is 89.2 Å². The molecule has 1 aromatic carbocycles. The highest BCUT2D eigenvalue weighted by Gasteiger charge is 2.22. The standard InChI is InChI=1S/C21H21N5OS/c1-24(15-26-21(28)25(2)20(23-26)18-12-8-14-27-18)19(16-9-4-3-5-10-16)17-11-6-7-13-22-17/h3-14,19H,15H2,1-2H3/t19-/m0/s1. The van der Waals surface area contributed by atoms with Crippen LogP contribution in [0.1, 0.15) is 17.3 Å². The Kier molecular flexibility index (Phi) is 5.18. The number of hydrogen-bond acceptors (Lipinski definition) is 5. The minimum absolute atomic E-state index is 0.0154. The van der Waals surface area contributed by atoms with Gasteiger partial charge in [0, 0.05) is 13.2 Å². The van der Waals surface area contributed by atoms with Crippen LogP contribution in [0.2, 0.25) is 0 Å². The number of hydrogen-bond donors (Lipinski definition) is 0. The Balaban J connectivity index is 1.68. The molecule has 0 aliphatic heterocycles. The lowest BCUT2D eigenvalue weighted by atomic mass is 10.0. The van der Waals surface area contributed by atoms with Crippen molar-refractivity contribution in [1.29, 1.82) is 0 Å². The van der Waals surface area contributed by atoms with Crippen LogP contribution in [0.15, 0.2) is 77.5 Å². The lowest BCUT2D eigenvalue weighted by molar-refractivity contribution is 0.205. The summed E-state index contributed by atoms with van der Waals surface area (Å²) in [4.78, 5) is 6.77. The molecular weight excluding hydrogens is 370 g/mol. The molecule has 1 atom stereocenters. The second kappa shape index (κ2) is 7.92. The lowest BCUT2D eigenvalue weighted by Crippen LogP contribution is -2.29. The van der Waals surface area contributed by atoms with Crippen LogP contribution in [0, 0.1) is 4.77 Å². The number of nitrogens with zero attached hydrogens (tertiary/aromatic N) is 5. The van der Waals surface area contributed by atoms with Crippen LogP contribution in [0.4, 0.5) is 0 Å². The van der Waals surface area contributed by atoms with E-state index in [0.29, 0.717) is 23.0 Å². The highest BCUT2D eigenvalue weighted by Crippen LogP contribution is 2.27. The van der Waals surface area contributed by atoms with Gasteiger partial charge in [0.2, 0.25) is 0 Å². The highest BCUT2D eigenvalue weighted by molar-refractivity contribution is 7.71. The van der Waals surface area contributed by atoms with Gasteiger partial charge < -0.3 is 8.98 Å². The number of benzene rings is 1. The molecule has 0 aliphatic carbocycles. The fourth-order valence-corrected chi connectivity index (χ4v) is 3.50.